The van der Waals surface area contributed by atoms with Gasteiger partial charge >= 0.3 is 0 Å². The van der Waals surface area contributed by atoms with Crippen LogP contribution < -0.4 is 20.8 Å². The molecule has 1 aliphatic carbocycles. The van der Waals surface area contributed by atoms with Crippen molar-refractivity contribution in [3.63, 3.8) is 0 Å². The van der Waals surface area contributed by atoms with E-state index >= 15 is 0 Å². The number of rotatable bonds is 5. The molecule has 4 aromatic carbocycles. The Bertz CT molecular complexity index is 2150. The Labute approximate surface area is 253 Å². The molecule has 4 aromatic rings. The second-order valence-corrected chi connectivity index (χ2v) is 12.4. The summed E-state index contributed by atoms with van der Waals surface area (Å²) in [7, 11) is -3.99. The molecule has 0 saturated heterocycles. The Morgan fingerprint density at radius 2 is 1.47 bits per heavy atom. The maximum Gasteiger partial charge on any atom is 0.238 e. The van der Waals surface area contributed by atoms with E-state index in [1.54, 1.807) is 18.2 Å². The van der Waals surface area contributed by atoms with E-state index in [2.05, 4.69) is 74.4 Å². The summed E-state index contributed by atoms with van der Waals surface area (Å²) in [5, 5.41) is 10.8. The first-order valence-corrected chi connectivity index (χ1v) is 15.3. The Hall–Kier alpha value is -4.72. The van der Waals surface area contributed by atoms with Crippen LogP contribution in [-0.2, 0) is 10.0 Å². The van der Waals surface area contributed by atoms with Gasteiger partial charge in [-0.3, -0.25) is 0 Å². The van der Waals surface area contributed by atoms with Gasteiger partial charge in [-0.2, -0.15) is 0 Å². The first kappa shape index (κ1) is 29.8. The van der Waals surface area contributed by atoms with Gasteiger partial charge in [0.1, 0.15) is 11.3 Å². The predicted octanol–water partition coefficient (Wildman–Crippen LogP) is 6.59. The van der Waals surface area contributed by atoms with Crippen molar-refractivity contribution < 1.29 is 17.8 Å². The van der Waals surface area contributed by atoms with E-state index in [0.29, 0.717) is 16.9 Å². The van der Waals surface area contributed by atoms with Crippen LogP contribution in [0.1, 0.15) is 22.3 Å². The molecule has 4 N–H and O–H groups in total. The molecule has 6 rings (SSSR count). The quantitative estimate of drug-likeness (QED) is 0.156. The van der Waals surface area contributed by atoms with E-state index in [1.165, 1.54) is 11.1 Å². The van der Waals surface area contributed by atoms with Gasteiger partial charge in [-0.05, 0) is 69.7 Å². The average molecular weight is 590 g/mol. The second-order valence-electron chi connectivity index (χ2n) is 10.8. The predicted molar refractivity (Wildman–Crippen MR) is 175 cm³/mol. The highest BCUT2D eigenvalue weighted by Gasteiger charge is 2.23. The molecule has 0 unspecified atom stereocenters. The van der Waals surface area contributed by atoms with E-state index in [-0.39, 0.29) is 12.3 Å². The number of primary sulfonamides is 1. The van der Waals surface area contributed by atoms with Gasteiger partial charge in [0.05, 0.1) is 11.0 Å². The maximum absolute atomic E-state index is 12.7. The zero-order valence-corrected chi connectivity index (χ0v) is 25.8. The number of fused-ring (bicyclic) bond motifs is 2. The van der Waals surface area contributed by atoms with Crippen molar-refractivity contribution in [2.75, 3.05) is 5.32 Å². The SMILES string of the molecule is Cc1ccc(Nc2ccc3c(-c4ccccc4S(N)(=O)=O)c4ccc(=[NH+]c5ccc(C)cc5C)cc-4oc3c2)c(C)c1.[CH3-]. The van der Waals surface area contributed by atoms with E-state index in [4.69, 9.17) is 9.56 Å². The first-order valence-electron chi connectivity index (χ1n) is 13.7. The third-order valence-electron chi connectivity index (χ3n) is 7.51. The maximum atomic E-state index is 12.7. The first-order chi connectivity index (χ1) is 20.1. The largest absolute Gasteiger partial charge is 0.456 e. The number of anilines is 2. The van der Waals surface area contributed by atoms with Gasteiger partial charge in [0.25, 0.3) is 0 Å². The molecule has 0 bridgehead atoms. The molecule has 1 aliphatic heterocycles. The molecule has 0 saturated carbocycles. The van der Waals surface area contributed by atoms with Crippen LogP contribution in [0, 0.1) is 35.1 Å². The lowest BCUT2D eigenvalue weighted by Gasteiger charge is -2.18. The summed E-state index contributed by atoms with van der Waals surface area (Å²) in [4.78, 5) is 3.56. The third-order valence-corrected chi connectivity index (χ3v) is 8.48. The topological polar surface area (TPSA) is 99.3 Å². The molecular formula is C36H35N3O3S. The number of sulfonamides is 1. The molecule has 1 heterocycles. The fourth-order valence-electron chi connectivity index (χ4n) is 5.48. The fourth-order valence-corrected chi connectivity index (χ4v) is 6.22. The van der Waals surface area contributed by atoms with Crippen molar-refractivity contribution in [2.45, 2.75) is 32.6 Å². The van der Waals surface area contributed by atoms with Crippen LogP contribution in [0.2, 0.25) is 0 Å². The molecule has 6 nitrogen and oxygen atoms in total. The van der Waals surface area contributed by atoms with E-state index < -0.39 is 10.0 Å². The van der Waals surface area contributed by atoms with Crippen LogP contribution in [0.3, 0.4) is 0 Å². The highest BCUT2D eigenvalue weighted by Crippen LogP contribution is 2.42. The Balaban J connectivity index is 0.00000368. The second kappa shape index (κ2) is 11.5. The number of hydrogen-bond acceptors (Lipinski definition) is 4. The van der Waals surface area contributed by atoms with Crippen molar-refractivity contribution in [3.05, 3.63) is 132 Å². The molecule has 7 heteroatoms. The van der Waals surface area contributed by atoms with Gasteiger partial charge in [-0.15, -0.1) is 0 Å². The molecule has 0 amide bonds. The van der Waals surface area contributed by atoms with Crippen molar-refractivity contribution in [1.29, 1.82) is 0 Å². The molecule has 0 aromatic heterocycles. The lowest BCUT2D eigenvalue weighted by atomic mass is 9.93. The summed E-state index contributed by atoms with van der Waals surface area (Å²) in [5.41, 5.74) is 10.2. The highest BCUT2D eigenvalue weighted by atomic mass is 32.2. The molecule has 0 fully saturated rings. The number of aryl methyl sites for hydroxylation is 4. The van der Waals surface area contributed by atoms with Crippen molar-refractivity contribution in [3.8, 4) is 22.5 Å². The van der Waals surface area contributed by atoms with Crippen LogP contribution in [0.15, 0.2) is 106 Å². The number of hydrogen-bond donors (Lipinski definition) is 3. The van der Waals surface area contributed by atoms with Gasteiger partial charge in [-0.25, -0.2) is 18.5 Å². The number of nitrogens with one attached hydrogen (secondary N) is 2. The minimum atomic E-state index is -3.99. The standard InChI is InChI=1S/C35H31N3O3S.CH3/c1-21-9-15-30(23(3)17-21)37-25-11-13-27-32(19-25)41-33-20-26(38-31-16-10-22(2)18-24(31)4)12-14-28(33)35(27)29-7-5-6-8-34(29)42(36,39)40;/h5-20,37H,1-4H3,(H2,36,39,40);1H3/q;-1/p+1. The number of nitrogens with two attached hydrogens (primary N) is 1. The minimum absolute atomic E-state index is 0. The summed E-state index contributed by atoms with van der Waals surface area (Å²) in [6, 6.07) is 31.1. The van der Waals surface area contributed by atoms with Gasteiger partial charge in [0, 0.05) is 57.2 Å². The Morgan fingerprint density at radius 1 is 0.744 bits per heavy atom. The summed E-state index contributed by atoms with van der Waals surface area (Å²) < 4.78 is 31.8. The summed E-state index contributed by atoms with van der Waals surface area (Å²) in [5.74, 6) is 0.611. The van der Waals surface area contributed by atoms with E-state index in [1.807, 2.05) is 42.5 Å². The van der Waals surface area contributed by atoms with Crippen LogP contribution in [0.5, 0.6) is 0 Å². The molecule has 0 radical (unpaired) electrons. The molecule has 0 atom stereocenters. The lowest BCUT2D eigenvalue weighted by Crippen LogP contribution is -2.70. The van der Waals surface area contributed by atoms with Crippen LogP contribution in [-0.4, -0.2) is 8.42 Å². The van der Waals surface area contributed by atoms with Crippen LogP contribution >= 0.6 is 0 Å². The minimum Gasteiger partial charge on any atom is -0.456 e. The monoisotopic (exact) mass is 589 g/mol. The smallest absolute Gasteiger partial charge is 0.238 e. The van der Waals surface area contributed by atoms with Crippen LogP contribution in [0.4, 0.5) is 17.1 Å². The fraction of sp³-hybridized carbons (Fsp3) is 0.111. The van der Waals surface area contributed by atoms with Crippen molar-refractivity contribution >= 4 is 38.1 Å². The van der Waals surface area contributed by atoms with Crippen molar-refractivity contribution in [1.82, 2.24) is 0 Å². The summed E-state index contributed by atoms with van der Waals surface area (Å²) in [6.45, 7) is 8.28. The van der Waals surface area contributed by atoms with Gasteiger partial charge in [0.15, 0.2) is 0 Å². The van der Waals surface area contributed by atoms with Crippen LogP contribution in [0.25, 0.3) is 33.4 Å². The Kier molecular flexibility index (Phi) is 7.97. The molecule has 218 valence electrons. The summed E-state index contributed by atoms with van der Waals surface area (Å²) >= 11 is 0. The zero-order valence-electron chi connectivity index (χ0n) is 24.9. The van der Waals surface area contributed by atoms with Gasteiger partial charge in [-0.1, -0.05) is 47.5 Å². The number of benzene rings is 5. The normalized spacial score (nSPS) is 12.0. The molecule has 2 aliphatic rings. The zero-order chi connectivity index (χ0) is 29.6. The molecule has 43 heavy (non-hydrogen) atoms. The lowest BCUT2D eigenvalue weighted by molar-refractivity contribution is -0.403. The molecule has 0 spiro atoms. The highest BCUT2D eigenvalue weighted by molar-refractivity contribution is 7.89. The van der Waals surface area contributed by atoms with Gasteiger partial charge < -0.3 is 17.2 Å². The molecular weight excluding hydrogens is 554 g/mol. The third kappa shape index (κ3) is 5.95. The van der Waals surface area contributed by atoms with E-state index in [0.717, 1.165) is 50.1 Å². The van der Waals surface area contributed by atoms with Crippen molar-refractivity contribution in [2.24, 2.45) is 5.14 Å². The Morgan fingerprint density at radius 3 is 2.19 bits per heavy atom. The van der Waals surface area contributed by atoms with E-state index in [9.17, 15) is 8.42 Å². The average Bonchev–Trinajstić information content (AvgIpc) is 2.94. The van der Waals surface area contributed by atoms with Gasteiger partial charge in [0.2, 0.25) is 21.1 Å². The summed E-state index contributed by atoms with van der Waals surface area (Å²) in [6.07, 6.45) is 0.